The molecule has 0 spiro atoms. The summed E-state index contributed by atoms with van der Waals surface area (Å²) in [6, 6.07) is 18.5. The number of piperidine rings is 1. The van der Waals surface area contributed by atoms with Crippen molar-refractivity contribution in [3.8, 4) is 0 Å². The zero-order chi connectivity index (χ0) is 25.3. The van der Waals surface area contributed by atoms with Crippen LogP contribution in [0.25, 0.3) is 10.2 Å². The van der Waals surface area contributed by atoms with E-state index in [9.17, 15) is 13.2 Å². The van der Waals surface area contributed by atoms with Crippen LogP contribution in [-0.2, 0) is 21.4 Å². The highest BCUT2D eigenvalue weighted by Gasteiger charge is 2.41. The van der Waals surface area contributed by atoms with Gasteiger partial charge in [-0.15, -0.1) is 11.3 Å². The molecule has 1 aliphatic rings. The highest BCUT2D eigenvalue weighted by Crippen LogP contribution is 2.36. The molecule has 3 heterocycles. The molecule has 1 amide bonds. The average Bonchev–Trinajstić information content (AvgIpc) is 3.58. The predicted molar refractivity (Wildman–Crippen MR) is 147 cm³/mol. The molecule has 2 aromatic carbocycles. The molecule has 0 radical (unpaired) electrons. The molecular formula is C27H29N3O3S3. The quantitative estimate of drug-likeness (QED) is 0.278. The van der Waals surface area contributed by atoms with Crippen LogP contribution in [0.5, 0.6) is 0 Å². The lowest BCUT2D eigenvalue weighted by atomic mass is 10.0. The fourth-order valence-corrected chi connectivity index (χ4v) is 8.47. The summed E-state index contributed by atoms with van der Waals surface area (Å²) in [6.45, 7) is 4.94. The molecule has 36 heavy (non-hydrogen) atoms. The summed E-state index contributed by atoms with van der Waals surface area (Å²) < 4.78 is 29.7. The van der Waals surface area contributed by atoms with Gasteiger partial charge in [0.1, 0.15) is 10.3 Å². The van der Waals surface area contributed by atoms with Gasteiger partial charge in [-0.25, -0.2) is 13.4 Å². The largest absolute Gasteiger partial charge is 0.282 e. The maximum absolute atomic E-state index is 14.2. The second-order valence-corrected chi connectivity index (χ2v) is 13.4. The van der Waals surface area contributed by atoms with Crippen LogP contribution in [0.4, 0.5) is 5.13 Å². The number of fused-ring (bicyclic) bond motifs is 1. The van der Waals surface area contributed by atoms with Crippen molar-refractivity contribution in [2.24, 2.45) is 0 Å². The minimum Gasteiger partial charge on any atom is -0.282 e. The number of thiophene rings is 1. The molecular weight excluding hydrogens is 511 g/mol. The van der Waals surface area contributed by atoms with E-state index in [1.807, 2.05) is 42.5 Å². The lowest BCUT2D eigenvalue weighted by Crippen LogP contribution is -2.52. The first-order valence-corrected chi connectivity index (χ1v) is 15.3. The molecule has 1 fully saturated rings. The minimum absolute atomic E-state index is 0.219. The van der Waals surface area contributed by atoms with Gasteiger partial charge >= 0.3 is 0 Å². The lowest BCUT2D eigenvalue weighted by molar-refractivity contribution is -0.123. The summed E-state index contributed by atoms with van der Waals surface area (Å²) in [5.74, 6) is 0.0792. The van der Waals surface area contributed by atoms with E-state index in [0.717, 1.165) is 34.2 Å². The fraction of sp³-hybridized carbons (Fsp3) is 0.333. The van der Waals surface area contributed by atoms with Crippen LogP contribution < -0.4 is 4.90 Å². The number of anilines is 1. The van der Waals surface area contributed by atoms with Gasteiger partial charge in [0.05, 0.1) is 16.8 Å². The highest BCUT2D eigenvalue weighted by molar-refractivity contribution is 7.91. The Morgan fingerprint density at radius 3 is 2.61 bits per heavy atom. The van der Waals surface area contributed by atoms with Crippen molar-refractivity contribution in [2.45, 2.75) is 55.8 Å². The predicted octanol–water partition coefficient (Wildman–Crippen LogP) is 6.26. The van der Waals surface area contributed by atoms with E-state index >= 15 is 0 Å². The summed E-state index contributed by atoms with van der Waals surface area (Å²) in [7, 11) is -3.76. The molecule has 4 aromatic rings. The van der Waals surface area contributed by atoms with Gasteiger partial charge in [-0.2, -0.15) is 4.31 Å². The molecule has 1 unspecified atom stereocenters. The molecule has 1 saturated heterocycles. The maximum atomic E-state index is 14.2. The van der Waals surface area contributed by atoms with Crippen molar-refractivity contribution < 1.29 is 13.2 Å². The van der Waals surface area contributed by atoms with E-state index < -0.39 is 16.1 Å². The third kappa shape index (κ3) is 4.85. The zero-order valence-corrected chi connectivity index (χ0v) is 22.8. The summed E-state index contributed by atoms with van der Waals surface area (Å²) in [4.78, 5) is 20.8. The van der Waals surface area contributed by atoms with Crippen molar-refractivity contribution in [1.29, 1.82) is 0 Å². The van der Waals surface area contributed by atoms with Crippen molar-refractivity contribution >= 4 is 54.0 Å². The molecule has 0 saturated carbocycles. The Hall–Kier alpha value is -2.59. The van der Waals surface area contributed by atoms with Gasteiger partial charge in [0.15, 0.2) is 5.13 Å². The third-order valence-corrected chi connectivity index (χ3v) is 10.9. The molecule has 0 bridgehead atoms. The molecule has 9 heteroatoms. The number of benzene rings is 2. The molecule has 0 aliphatic carbocycles. The average molecular weight is 540 g/mol. The summed E-state index contributed by atoms with van der Waals surface area (Å²) in [6.07, 6.45) is 2.05. The number of nitrogens with zero attached hydrogens (tertiary/aromatic N) is 3. The fourth-order valence-electron chi connectivity index (χ4n) is 4.69. The van der Waals surface area contributed by atoms with Crippen LogP contribution in [0.3, 0.4) is 0 Å². The smallest absolute Gasteiger partial charge is 0.253 e. The second-order valence-electron chi connectivity index (χ2n) is 9.31. The van der Waals surface area contributed by atoms with Gasteiger partial charge in [-0.05, 0) is 47.4 Å². The van der Waals surface area contributed by atoms with Crippen LogP contribution in [0.1, 0.15) is 50.2 Å². The van der Waals surface area contributed by atoms with E-state index in [1.165, 1.54) is 27.0 Å². The van der Waals surface area contributed by atoms with Gasteiger partial charge in [0, 0.05) is 6.54 Å². The Morgan fingerprint density at radius 2 is 1.89 bits per heavy atom. The number of rotatable bonds is 7. The van der Waals surface area contributed by atoms with Crippen molar-refractivity contribution in [2.75, 3.05) is 11.4 Å². The van der Waals surface area contributed by atoms with Gasteiger partial charge in [-0.1, -0.05) is 80.1 Å². The first kappa shape index (κ1) is 25.1. The van der Waals surface area contributed by atoms with Crippen LogP contribution >= 0.6 is 22.7 Å². The molecule has 188 valence electrons. The number of hydrogen-bond acceptors (Lipinski definition) is 6. The molecule has 5 rings (SSSR count). The van der Waals surface area contributed by atoms with E-state index in [-0.39, 0.29) is 10.1 Å². The molecule has 1 atom stereocenters. The van der Waals surface area contributed by atoms with Gasteiger partial charge in [0.2, 0.25) is 5.91 Å². The Balaban J connectivity index is 1.57. The van der Waals surface area contributed by atoms with Crippen LogP contribution in [-0.4, -0.2) is 36.2 Å². The number of amides is 1. The number of aromatic nitrogens is 1. The van der Waals surface area contributed by atoms with Crippen molar-refractivity contribution in [3.63, 3.8) is 0 Å². The maximum Gasteiger partial charge on any atom is 0.253 e. The minimum atomic E-state index is -3.76. The standard InChI is InChI=1S/C27H29N3O3S3/c1-19(2)21-12-8-14-23-25(21)28-27(35-23)29(18-20-10-4-3-5-11-20)26(31)22-13-6-7-16-30(22)36(32,33)24-15-9-17-34-24/h3-5,8-12,14-15,17,19,22H,6-7,13,16,18H2,1-2H3. The van der Waals surface area contributed by atoms with Gasteiger partial charge < -0.3 is 0 Å². The Bertz CT molecular complexity index is 1450. The number of hydrogen-bond donors (Lipinski definition) is 0. The Morgan fingerprint density at radius 1 is 1.08 bits per heavy atom. The highest BCUT2D eigenvalue weighted by atomic mass is 32.2. The topological polar surface area (TPSA) is 70.6 Å². The number of thiazole rings is 1. The van der Waals surface area contributed by atoms with Gasteiger partial charge in [0.25, 0.3) is 10.0 Å². The van der Waals surface area contributed by atoms with Gasteiger partial charge in [-0.3, -0.25) is 9.69 Å². The van der Waals surface area contributed by atoms with Crippen LogP contribution in [0, 0.1) is 0 Å². The zero-order valence-electron chi connectivity index (χ0n) is 20.3. The third-order valence-electron chi connectivity index (χ3n) is 6.54. The van der Waals surface area contributed by atoms with E-state index in [4.69, 9.17) is 4.98 Å². The SMILES string of the molecule is CC(C)c1cccc2sc(N(Cc3ccccc3)C(=O)C3CCCCN3S(=O)(=O)c3cccs3)nc12. The first-order chi connectivity index (χ1) is 17.4. The van der Waals surface area contributed by atoms with Crippen molar-refractivity contribution in [1.82, 2.24) is 9.29 Å². The molecule has 2 aromatic heterocycles. The van der Waals surface area contributed by atoms with E-state index in [1.54, 1.807) is 22.4 Å². The van der Waals surface area contributed by atoms with Crippen molar-refractivity contribution in [3.05, 3.63) is 77.2 Å². The monoisotopic (exact) mass is 539 g/mol. The normalized spacial score (nSPS) is 17.0. The summed E-state index contributed by atoms with van der Waals surface area (Å²) in [5, 5.41) is 2.36. The lowest BCUT2D eigenvalue weighted by Gasteiger charge is -2.36. The number of sulfonamides is 1. The van der Waals surface area contributed by atoms with Crippen LogP contribution in [0.15, 0.2) is 70.3 Å². The second kappa shape index (κ2) is 10.4. The molecule has 1 aliphatic heterocycles. The number of carbonyl (C=O) groups excluding carboxylic acids is 1. The first-order valence-electron chi connectivity index (χ1n) is 12.2. The summed E-state index contributed by atoms with van der Waals surface area (Å²) >= 11 is 2.67. The van der Waals surface area contributed by atoms with Crippen LogP contribution in [0.2, 0.25) is 0 Å². The number of carbonyl (C=O) groups is 1. The summed E-state index contributed by atoms with van der Waals surface area (Å²) in [5.41, 5.74) is 3.02. The Labute approximate surface area is 220 Å². The number of para-hydroxylation sites is 1. The Kier molecular flexibility index (Phi) is 7.25. The molecule has 6 nitrogen and oxygen atoms in total. The van der Waals surface area contributed by atoms with E-state index in [0.29, 0.717) is 30.6 Å². The molecule has 0 N–H and O–H groups in total. The van der Waals surface area contributed by atoms with E-state index in [2.05, 4.69) is 19.9 Å².